The van der Waals surface area contributed by atoms with Crippen molar-refractivity contribution >= 4 is 5.91 Å². The van der Waals surface area contributed by atoms with Gasteiger partial charge in [-0.05, 0) is 18.8 Å². The van der Waals surface area contributed by atoms with E-state index < -0.39 is 0 Å². The summed E-state index contributed by atoms with van der Waals surface area (Å²) in [7, 11) is 0. The second-order valence-electron chi connectivity index (χ2n) is 5.95. The van der Waals surface area contributed by atoms with Crippen molar-refractivity contribution in [3.8, 4) is 0 Å². The third kappa shape index (κ3) is 5.91. The van der Waals surface area contributed by atoms with E-state index in [9.17, 15) is 4.79 Å². The first kappa shape index (κ1) is 14.8. The normalized spacial score (nSPS) is 26.4. The average Bonchev–Trinajstić information content (AvgIpc) is 2.38. The molecule has 1 amide bonds. The molecular weight excluding hydrogens is 240 g/mol. The lowest BCUT2D eigenvalue weighted by Crippen LogP contribution is -2.44. The largest absolute Gasteiger partial charge is 0.378 e. The monoisotopic (exact) mass is 268 g/mol. The highest BCUT2D eigenvalue weighted by Crippen LogP contribution is 2.21. The molecule has 1 unspecified atom stereocenters. The number of carbonyl (C=O) groups is 1. The lowest BCUT2D eigenvalue weighted by molar-refractivity contribution is -0.122. The van der Waals surface area contributed by atoms with Crippen LogP contribution in [0.5, 0.6) is 0 Å². The minimum atomic E-state index is 0.171. The predicted molar refractivity (Wildman–Crippen MR) is 76.0 cm³/mol. The Kier molecular flexibility index (Phi) is 6.65. The quantitative estimate of drug-likeness (QED) is 0.818. The zero-order valence-corrected chi connectivity index (χ0v) is 12.0. The molecule has 0 aromatic rings. The van der Waals surface area contributed by atoms with Crippen molar-refractivity contribution in [3.63, 3.8) is 0 Å². The number of amides is 1. The van der Waals surface area contributed by atoms with Crippen molar-refractivity contribution in [3.05, 3.63) is 0 Å². The van der Waals surface area contributed by atoms with Gasteiger partial charge in [-0.3, -0.25) is 4.79 Å². The molecule has 1 aliphatic heterocycles. The minimum Gasteiger partial charge on any atom is -0.378 e. The van der Waals surface area contributed by atoms with E-state index in [0.29, 0.717) is 18.9 Å². The first-order chi connectivity index (χ1) is 9.34. The summed E-state index contributed by atoms with van der Waals surface area (Å²) < 4.78 is 5.37. The van der Waals surface area contributed by atoms with Crippen LogP contribution in [0.2, 0.25) is 0 Å². The van der Waals surface area contributed by atoms with Crippen molar-refractivity contribution in [1.29, 1.82) is 0 Å². The lowest BCUT2D eigenvalue weighted by Gasteiger charge is -2.24. The molecule has 2 rings (SSSR count). The molecule has 110 valence electrons. The maximum atomic E-state index is 11.9. The van der Waals surface area contributed by atoms with Gasteiger partial charge in [0.1, 0.15) is 0 Å². The zero-order valence-electron chi connectivity index (χ0n) is 12.0. The molecule has 4 heteroatoms. The highest BCUT2D eigenvalue weighted by Gasteiger charge is 2.18. The van der Waals surface area contributed by atoms with Crippen molar-refractivity contribution in [2.24, 2.45) is 5.92 Å². The van der Waals surface area contributed by atoms with Crippen molar-refractivity contribution in [1.82, 2.24) is 10.6 Å². The molecule has 4 nitrogen and oxygen atoms in total. The number of morpholine rings is 1. The van der Waals surface area contributed by atoms with Gasteiger partial charge in [-0.1, -0.05) is 32.1 Å². The van der Waals surface area contributed by atoms with Crippen LogP contribution >= 0.6 is 0 Å². The zero-order chi connectivity index (χ0) is 13.3. The molecule has 0 aromatic carbocycles. The second-order valence-corrected chi connectivity index (χ2v) is 5.95. The van der Waals surface area contributed by atoms with Crippen LogP contribution in [0.25, 0.3) is 0 Å². The van der Waals surface area contributed by atoms with E-state index in [4.69, 9.17) is 4.74 Å². The fourth-order valence-electron chi connectivity index (χ4n) is 3.05. The minimum absolute atomic E-state index is 0.171. The molecular formula is C15H28N2O2. The third-order valence-electron chi connectivity index (χ3n) is 4.24. The lowest BCUT2D eigenvalue weighted by atomic mass is 9.91. The van der Waals surface area contributed by atoms with Gasteiger partial charge < -0.3 is 15.4 Å². The van der Waals surface area contributed by atoms with Gasteiger partial charge >= 0.3 is 0 Å². The molecule has 2 N–H and O–H groups in total. The van der Waals surface area contributed by atoms with E-state index in [-0.39, 0.29) is 11.9 Å². The van der Waals surface area contributed by atoms with Crippen LogP contribution in [-0.4, -0.2) is 38.3 Å². The van der Waals surface area contributed by atoms with Crippen molar-refractivity contribution in [2.75, 3.05) is 26.3 Å². The van der Waals surface area contributed by atoms with E-state index in [2.05, 4.69) is 10.6 Å². The highest BCUT2D eigenvalue weighted by atomic mass is 16.5. The smallest absolute Gasteiger partial charge is 0.221 e. The van der Waals surface area contributed by atoms with Gasteiger partial charge in [-0.15, -0.1) is 0 Å². The molecule has 1 atom stereocenters. The van der Waals surface area contributed by atoms with Crippen LogP contribution in [0.3, 0.4) is 0 Å². The molecule has 0 bridgehead atoms. The molecule has 0 radical (unpaired) electrons. The van der Waals surface area contributed by atoms with E-state index in [1.54, 1.807) is 0 Å². The Balaban J connectivity index is 1.61. The Labute approximate surface area is 116 Å². The van der Waals surface area contributed by atoms with Crippen LogP contribution in [0.1, 0.15) is 51.4 Å². The Morgan fingerprint density at radius 3 is 2.58 bits per heavy atom. The summed E-state index contributed by atoms with van der Waals surface area (Å²) in [5.41, 5.74) is 0. The number of rotatable bonds is 4. The number of carbonyl (C=O) groups excluding carboxylic acids is 1. The molecule has 1 heterocycles. The van der Waals surface area contributed by atoms with Gasteiger partial charge in [-0.25, -0.2) is 0 Å². The molecule has 0 spiro atoms. The van der Waals surface area contributed by atoms with E-state index in [1.807, 2.05) is 0 Å². The summed E-state index contributed by atoms with van der Waals surface area (Å²) >= 11 is 0. The standard InChI is InChI=1S/C15H28N2O2/c18-15(10-14-12-19-9-8-16-14)17-11-13-6-4-2-1-3-5-7-13/h13-14,16H,1-12H2,(H,17,18). The fourth-order valence-corrected chi connectivity index (χ4v) is 3.05. The van der Waals surface area contributed by atoms with Crippen LogP contribution < -0.4 is 10.6 Å². The van der Waals surface area contributed by atoms with Crippen LogP contribution in [-0.2, 0) is 9.53 Å². The predicted octanol–water partition coefficient (Wildman–Crippen LogP) is 1.84. The van der Waals surface area contributed by atoms with Gasteiger partial charge in [-0.2, -0.15) is 0 Å². The van der Waals surface area contributed by atoms with Gasteiger partial charge in [0.05, 0.1) is 13.2 Å². The first-order valence-corrected chi connectivity index (χ1v) is 7.92. The first-order valence-electron chi connectivity index (χ1n) is 7.92. The summed E-state index contributed by atoms with van der Waals surface area (Å²) in [4.78, 5) is 11.9. The maximum Gasteiger partial charge on any atom is 0.221 e. The summed E-state index contributed by atoms with van der Waals surface area (Å²) in [6.07, 6.45) is 9.91. The average molecular weight is 268 g/mol. The number of nitrogens with one attached hydrogen (secondary N) is 2. The SMILES string of the molecule is O=C(CC1COCCN1)NCC1CCCCCCC1. The van der Waals surface area contributed by atoms with Crippen LogP contribution in [0.15, 0.2) is 0 Å². The Hall–Kier alpha value is -0.610. The molecule has 2 aliphatic rings. The number of ether oxygens (including phenoxy) is 1. The van der Waals surface area contributed by atoms with E-state index >= 15 is 0 Å². The summed E-state index contributed by atoms with van der Waals surface area (Å²) in [5.74, 6) is 0.866. The van der Waals surface area contributed by atoms with Crippen molar-refractivity contribution in [2.45, 2.75) is 57.4 Å². The molecule has 19 heavy (non-hydrogen) atoms. The van der Waals surface area contributed by atoms with Gasteiger partial charge in [0.15, 0.2) is 0 Å². The van der Waals surface area contributed by atoms with Gasteiger partial charge in [0, 0.05) is 25.6 Å². The summed E-state index contributed by atoms with van der Waals surface area (Å²) in [5, 5.41) is 6.43. The fraction of sp³-hybridized carbons (Fsp3) is 0.933. The molecule has 0 aromatic heterocycles. The summed E-state index contributed by atoms with van der Waals surface area (Å²) in [6.45, 7) is 3.16. The van der Waals surface area contributed by atoms with Gasteiger partial charge in [0.2, 0.25) is 5.91 Å². The Morgan fingerprint density at radius 1 is 1.16 bits per heavy atom. The summed E-state index contributed by atoms with van der Waals surface area (Å²) in [6, 6.07) is 0.200. The number of hydrogen-bond acceptors (Lipinski definition) is 3. The van der Waals surface area contributed by atoms with E-state index in [0.717, 1.165) is 19.7 Å². The molecule has 1 saturated carbocycles. The molecule has 1 aliphatic carbocycles. The van der Waals surface area contributed by atoms with Crippen LogP contribution in [0, 0.1) is 5.92 Å². The topological polar surface area (TPSA) is 50.4 Å². The maximum absolute atomic E-state index is 11.9. The second kappa shape index (κ2) is 8.54. The van der Waals surface area contributed by atoms with Crippen LogP contribution in [0.4, 0.5) is 0 Å². The Morgan fingerprint density at radius 2 is 1.89 bits per heavy atom. The third-order valence-corrected chi connectivity index (χ3v) is 4.24. The van der Waals surface area contributed by atoms with Gasteiger partial charge in [0.25, 0.3) is 0 Å². The Bertz CT molecular complexity index is 257. The number of hydrogen-bond donors (Lipinski definition) is 2. The highest BCUT2D eigenvalue weighted by molar-refractivity contribution is 5.76. The molecule has 1 saturated heterocycles. The van der Waals surface area contributed by atoms with E-state index in [1.165, 1.54) is 44.9 Å². The van der Waals surface area contributed by atoms with Crippen molar-refractivity contribution < 1.29 is 9.53 Å². The molecule has 2 fully saturated rings.